The molecule has 0 saturated heterocycles. The molecule has 2 aromatic carbocycles. The first-order chi connectivity index (χ1) is 10.0. The minimum atomic E-state index is -3.65. The van der Waals surface area contributed by atoms with Crippen molar-refractivity contribution >= 4 is 15.7 Å². The molecule has 0 bridgehead atoms. The van der Waals surface area contributed by atoms with E-state index in [2.05, 4.69) is 9.82 Å². The SMILES string of the molecule is NN=C(CNS(=O)(=O)c1ccccc1)c1ccccc1O. The molecule has 0 aliphatic heterocycles. The van der Waals surface area contributed by atoms with Gasteiger partial charge in [0.25, 0.3) is 0 Å². The molecule has 0 aromatic heterocycles. The fourth-order valence-corrected chi connectivity index (χ4v) is 2.78. The van der Waals surface area contributed by atoms with Crippen LogP contribution in [0.1, 0.15) is 5.56 Å². The summed E-state index contributed by atoms with van der Waals surface area (Å²) in [7, 11) is -3.65. The molecule has 4 N–H and O–H groups in total. The van der Waals surface area contributed by atoms with Crippen LogP contribution in [0.3, 0.4) is 0 Å². The number of aromatic hydroxyl groups is 1. The number of phenols is 1. The van der Waals surface area contributed by atoms with Crippen LogP contribution in [0.2, 0.25) is 0 Å². The Bertz CT molecular complexity index is 743. The predicted molar refractivity (Wildman–Crippen MR) is 80.5 cm³/mol. The van der Waals surface area contributed by atoms with Crippen molar-refractivity contribution in [2.45, 2.75) is 4.90 Å². The number of hydrogen-bond donors (Lipinski definition) is 3. The van der Waals surface area contributed by atoms with Crippen molar-refractivity contribution in [3.8, 4) is 5.75 Å². The number of hydrogen-bond acceptors (Lipinski definition) is 5. The third kappa shape index (κ3) is 3.59. The summed E-state index contributed by atoms with van der Waals surface area (Å²) in [4.78, 5) is 0.152. The van der Waals surface area contributed by atoms with Gasteiger partial charge in [0.15, 0.2) is 0 Å². The topological polar surface area (TPSA) is 105 Å². The first-order valence-corrected chi connectivity index (χ1v) is 7.63. The van der Waals surface area contributed by atoms with Crippen molar-refractivity contribution in [2.24, 2.45) is 10.9 Å². The summed E-state index contributed by atoms with van der Waals surface area (Å²) in [6.45, 7) is -0.120. The second-order valence-electron chi connectivity index (χ2n) is 4.23. The molecule has 0 aliphatic carbocycles. The molecule has 0 atom stereocenters. The summed E-state index contributed by atoms with van der Waals surface area (Å²) in [5.74, 6) is 5.27. The number of rotatable bonds is 5. The molecule has 0 heterocycles. The van der Waals surface area contributed by atoms with Gasteiger partial charge in [0, 0.05) is 5.56 Å². The largest absolute Gasteiger partial charge is 0.507 e. The van der Waals surface area contributed by atoms with Crippen LogP contribution in [0.15, 0.2) is 64.6 Å². The molecule has 21 heavy (non-hydrogen) atoms. The third-order valence-corrected chi connectivity index (χ3v) is 4.27. The maximum atomic E-state index is 12.1. The second kappa shape index (κ2) is 6.38. The minimum absolute atomic E-state index is 0.0133. The van der Waals surface area contributed by atoms with Crippen LogP contribution in [0.5, 0.6) is 5.75 Å². The lowest BCUT2D eigenvalue weighted by molar-refractivity contribution is 0.474. The van der Waals surface area contributed by atoms with Gasteiger partial charge in [0.05, 0.1) is 17.2 Å². The average Bonchev–Trinajstić information content (AvgIpc) is 2.50. The molecule has 0 amide bonds. The van der Waals surface area contributed by atoms with Crippen molar-refractivity contribution < 1.29 is 13.5 Å². The Morgan fingerprint density at radius 2 is 1.71 bits per heavy atom. The molecule has 6 nitrogen and oxygen atoms in total. The van der Waals surface area contributed by atoms with Crippen molar-refractivity contribution in [1.82, 2.24) is 4.72 Å². The first-order valence-electron chi connectivity index (χ1n) is 6.14. The monoisotopic (exact) mass is 305 g/mol. The van der Waals surface area contributed by atoms with Gasteiger partial charge in [-0.3, -0.25) is 0 Å². The van der Waals surface area contributed by atoms with Gasteiger partial charge in [-0.25, -0.2) is 13.1 Å². The van der Waals surface area contributed by atoms with Crippen LogP contribution >= 0.6 is 0 Å². The predicted octanol–water partition coefficient (Wildman–Crippen LogP) is 1.03. The third-order valence-electron chi connectivity index (χ3n) is 2.85. The smallest absolute Gasteiger partial charge is 0.240 e. The Balaban J connectivity index is 2.17. The highest BCUT2D eigenvalue weighted by atomic mass is 32.2. The van der Waals surface area contributed by atoms with E-state index in [1.807, 2.05) is 0 Å². The number of para-hydroxylation sites is 1. The number of nitrogens with two attached hydrogens (primary N) is 1. The number of sulfonamides is 1. The molecule has 0 unspecified atom stereocenters. The van der Waals surface area contributed by atoms with Gasteiger partial charge in [0.1, 0.15) is 5.75 Å². The van der Waals surface area contributed by atoms with Crippen LogP contribution in [0.4, 0.5) is 0 Å². The number of nitrogens with one attached hydrogen (secondary N) is 1. The van der Waals surface area contributed by atoms with Crippen molar-refractivity contribution in [2.75, 3.05) is 6.54 Å². The molecule has 0 aliphatic rings. The first kappa shape index (κ1) is 15.0. The highest BCUT2D eigenvalue weighted by Crippen LogP contribution is 2.16. The number of hydrazone groups is 1. The van der Waals surface area contributed by atoms with E-state index in [-0.39, 0.29) is 22.9 Å². The Morgan fingerprint density at radius 1 is 1.10 bits per heavy atom. The van der Waals surface area contributed by atoms with E-state index in [1.165, 1.54) is 18.2 Å². The van der Waals surface area contributed by atoms with E-state index >= 15 is 0 Å². The lowest BCUT2D eigenvalue weighted by Gasteiger charge is -2.09. The molecule has 2 aromatic rings. The zero-order chi connectivity index (χ0) is 15.3. The van der Waals surface area contributed by atoms with E-state index in [9.17, 15) is 13.5 Å². The zero-order valence-electron chi connectivity index (χ0n) is 11.1. The molecular weight excluding hydrogens is 290 g/mol. The normalized spacial score (nSPS) is 12.3. The summed E-state index contributed by atoms with van der Waals surface area (Å²) in [6, 6.07) is 14.4. The van der Waals surface area contributed by atoms with Crippen molar-refractivity contribution in [3.05, 3.63) is 60.2 Å². The van der Waals surface area contributed by atoms with Gasteiger partial charge >= 0.3 is 0 Å². The fraction of sp³-hybridized carbons (Fsp3) is 0.0714. The van der Waals surface area contributed by atoms with E-state index in [4.69, 9.17) is 5.84 Å². The van der Waals surface area contributed by atoms with Crippen LogP contribution in [0, 0.1) is 0 Å². The summed E-state index contributed by atoms with van der Waals surface area (Å²) < 4.78 is 26.6. The molecule has 0 saturated carbocycles. The maximum Gasteiger partial charge on any atom is 0.240 e. The lowest BCUT2D eigenvalue weighted by Crippen LogP contribution is -2.30. The van der Waals surface area contributed by atoms with Gasteiger partial charge < -0.3 is 10.9 Å². The summed E-state index contributed by atoms with van der Waals surface area (Å²) in [5.41, 5.74) is 0.628. The highest BCUT2D eigenvalue weighted by Gasteiger charge is 2.16. The minimum Gasteiger partial charge on any atom is -0.507 e. The molecule has 2 rings (SSSR count). The Kier molecular flexibility index (Phi) is 4.56. The number of benzene rings is 2. The molecule has 0 fully saturated rings. The zero-order valence-corrected chi connectivity index (χ0v) is 11.9. The quantitative estimate of drug-likeness (QED) is 0.436. The average molecular weight is 305 g/mol. The van der Waals surface area contributed by atoms with Gasteiger partial charge in [-0.05, 0) is 24.3 Å². The molecule has 0 radical (unpaired) electrons. The van der Waals surface area contributed by atoms with Gasteiger partial charge in [-0.1, -0.05) is 30.3 Å². The van der Waals surface area contributed by atoms with E-state index < -0.39 is 10.0 Å². The van der Waals surface area contributed by atoms with Crippen molar-refractivity contribution in [3.63, 3.8) is 0 Å². The summed E-state index contributed by atoms with van der Waals surface area (Å²) in [6.07, 6.45) is 0. The molecular formula is C14H15N3O3S. The second-order valence-corrected chi connectivity index (χ2v) is 6.00. The lowest BCUT2D eigenvalue weighted by atomic mass is 10.1. The van der Waals surface area contributed by atoms with Gasteiger partial charge in [-0.2, -0.15) is 5.10 Å². The van der Waals surface area contributed by atoms with Crippen LogP contribution < -0.4 is 10.6 Å². The highest BCUT2D eigenvalue weighted by molar-refractivity contribution is 7.89. The van der Waals surface area contributed by atoms with Gasteiger partial charge in [0.2, 0.25) is 10.0 Å². The van der Waals surface area contributed by atoms with Gasteiger partial charge in [-0.15, -0.1) is 0 Å². The maximum absolute atomic E-state index is 12.1. The van der Waals surface area contributed by atoms with Crippen molar-refractivity contribution in [1.29, 1.82) is 0 Å². The number of nitrogens with zero attached hydrogens (tertiary/aromatic N) is 1. The Labute approximate surface area is 123 Å². The van der Waals surface area contributed by atoms with Crippen LogP contribution in [-0.2, 0) is 10.0 Å². The van der Waals surface area contributed by atoms with E-state index in [0.29, 0.717) is 5.56 Å². The molecule has 110 valence electrons. The number of phenolic OH excluding ortho intramolecular Hbond substituents is 1. The fourth-order valence-electron chi connectivity index (χ4n) is 1.77. The van der Waals surface area contributed by atoms with E-state index in [1.54, 1.807) is 36.4 Å². The van der Waals surface area contributed by atoms with Crippen LogP contribution in [-0.4, -0.2) is 25.8 Å². The molecule has 0 spiro atoms. The molecule has 7 heteroatoms. The Hall–Kier alpha value is -2.38. The van der Waals surface area contributed by atoms with Crippen LogP contribution in [0.25, 0.3) is 0 Å². The van der Waals surface area contributed by atoms with E-state index in [0.717, 1.165) is 0 Å². The standard InChI is InChI=1S/C14H15N3O3S/c15-17-13(12-8-4-5-9-14(12)18)10-16-21(19,20)11-6-2-1-3-7-11/h1-9,16,18H,10,15H2. The summed E-state index contributed by atoms with van der Waals surface area (Å²) >= 11 is 0. The Morgan fingerprint density at radius 3 is 2.33 bits per heavy atom. The summed E-state index contributed by atoms with van der Waals surface area (Å²) in [5, 5.41) is 13.3.